The summed E-state index contributed by atoms with van der Waals surface area (Å²) in [6, 6.07) is 83.6. The molecule has 0 atom stereocenters. The third kappa shape index (κ3) is 11.9. The van der Waals surface area contributed by atoms with Crippen molar-refractivity contribution in [2.45, 2.75) is 38.9 Å². The number of rotatable bonds is 8. The quantitative estimate of drug-likeness (QED) is 0.139. The van der Waals surface area contributed by atoms with Gasteiger partial charge in [0.05, 0.1) is 18.8 Å². The third-order valence-corrected chi connectivity index (χ3v) is 22.2. The second-order valence-electron chi connectivity index (χ2n) is 23.1. The number of fused-ring (bicyclic) bond motifs is 10. The summed E-state index contributed by atoms with van der Waals surface area (Å²) in [5, 5.41) is 12.7. The summed E-state index contributed by atoms with van der Waals surface area (Å²) in [6.07, 6.45) is 0. The van der Waals surface area contributed by atoms with Crippen molar-refractivity contribution in [3.05, 3.63) is 256 Å². The van der Waals surface area contributed by atoms with Crippen LogP contribution in [0.5, 0.6) is 0 Å². The summed E-state index contributed by atoms with van der Waals surface area (Å²) in [5.41, 5.74) is 6.98. The molecule has 8 nitrogen and oxygen atoms in total. The molecular formula is C76H53BBr2N6O2S4. The fraction of sp³-hybridized carbons (Fsp3) is 0.0789. The van der Waals surface area contributed by atoms with Crippen LogP contribution in [-0.2, 0) is 9.31 Å². The highest BCUT2D eigenvalue weighted by Crippen LogP contribution is 2.44. The topological polar surface area (TPSA) is 95.8 Å². The van der Waals surface area contributed by atoms with Crippen LogP contribution >= 0.6 is 77.2 Å². The summed E-state index contributed by atoms with van der Waals surface area (Å²) in [4.78, 5) is 30.3. The van der Waals surface area contributed by atoms with Crippen LogP contribution in [0.25, 0.3) is 141 Å². The Balaban J connectivity index is 0.000000121. The van der Waals surface area contributed by atoms with E-state index in [9.17, 15) is 0 Å². The predicted octanol–water partition coefficient (Wildman–Crippen LogP) is 22.1. The van der Waals surface area contributed by atoms with Crippen LogP contribution in [0.3, 0.4) is 0 Å². The first-order chi connectivity index (χ1) is 44.3. The number of benzene rings is 10. The summed E-state index contributed by atoms with van der Waals surface area (Å²) in [5.74, 6) is 3.90. The molecule has 1 aliphatic rings. The molecule has 91 heavy (non-hydrogen) atoms. The molecule has 0 bridgehead atoms. The summed E-state index contributed by atoms with van der Waals surface area (Å²) in [6.45, 7) is 8.23. The van der Waals surface area contributed by atoms with E-state index in [1.807, 2.05) is 168 Å². The van der Waals surface area contributed by atoms with Gasteiger partial charge in [0.2, 0.25) is 0 Å². The van der Waals surface area contributed by atoms with Gasteiger partial charge < -0.3 is 9.31 Å². The van der Waals surface area contributed by atoms with E-state index in [1.165, 1.54) is 74.3 Å². The van der Waals surface area contributed by atoms with Crippen molar-refractivity contribution < 1.29 is 9.31 Å². The van der Waals surface area contributed by atoms with Gasteiger partial charge in [-0.05, 0) is 128 Å². The smallest absolute Gasteiger partial charge is 0.399 e. The Morgan fingerprint density at radius 1 is 0.319 bits per heavy atom. The van der Waals surface area contributed by atoms with Crippen LogP contribution in [0.2, 0.25) is 0 Å². The van der Waals surface area contributed by atoms with E-state index in [0.717, 1.165) is 44.4 Å². The zero-order valence-corrected chi connectivity index (χ0v) is 56.1. The maximum absolute atomic E-state index is 6.25. The first-order valence-corrected chi connectivity index (χ1v) is 34.6. The highest BCUT2D eigenvalue weighted by atomic mass is 79.9. The average molecular weight is 1380 g/mol. The lowest BCUT2D eigenvalue weighted by atomic mass is 9.78. The molecule has 1 fully saturated rings. The molecule has 6 aromatic heterocycles. The molecule has 17 rings (SSSR count). The molecule has 0 amide bonds. The lowest BCUT2D eigenvalue weighted by molar-refractivity contribution is 0.00578. The lowest BCUT2D eigenvalue weighted by Gasteiger charge is -2.32. The van der Waals surface area contributed by atoms with Gasteiger partial charge in [-0.15, -0.1) is 45.3 Å². The normalized spacial score (nSPS) is 13.5. The largest absolute Gasteiger partial charge is 0.494 e. The van der Waals surface area contributed by atoms with E-state index in [4.69, 9.17) is 39.2 Å². The Morgan fingerprint density at radius 3 is 1.12 bits per heavy atom. The maximum atomic E-state index is 6.25. The van der Waals surface area contributed by atoms with Crippen molar-refractivity contribution in [2.24, 2.45) is 0 Å². The van der Waals surface area contributed by atoms with Gasteiger partial charge in [-0.3, -0.25) is 0 Å². The van der Waals surface area contributed by atoms with Crippen molar-refractivity contribution in [3.63, 3.8) is 0 Å². The molecule has 15 heteroatoms. The van der Waals surface area contributed by atoms with Gasteiger partial charge >= 0.3 is 7.12 Å². The van der Waals surface area contributed by atoms with Crippen molar-refractivity contribution in [1.29, 1.82) is 0 Å². The van der Waals surface area contributed by atoms with E-state index in [1.54, 1.807) is 22.7 Å². The van der Waals surface area contributed by atoms with Crippen molar-refractivity contribution >= 4 is 152 Å². The first-order valence-electron chi connectivity index (χ1n) is 29.7. The molecule has 0 unspecified atom stereocenters. The highest BCUT2D eigenvalue weighted by Gasteiger charge is 2.51. The second kappa shape index (κ2) is 24.6. The van der Waals surface area contributed by atoms with Crippen LogP contribution in [0, 0.1) is 0 Å². The predicted molar refractivity (Wildman–Crippen MR) is 392 cm³/mol. The number of nitrogens with zero attached hydrogens (tertiary/aromatic N) is 6. The molecular weight excluding hydrogens is 1330 g/mol. The van der Waals surface area contributed by atoms with Gasteiger partial charge in [-0.25, -0.2) is 29.9 Å². The molecule has 10 aromatic carbocycles. The molecule has 16 aromatic rings. The van der Waals surface area contributed by atoms with E-state index in [2.05, 4.69) is 162 Å². The fourth-order valence-electron chi connectivity index (χ4n) is 11.3. The second-order valence-corrected chi connectivity index (χ2v) is 30.0. The molecule has 0 radical (unpaired) electrons. The van der Waals surface area contributed by atoms with Crippen LogP contribution < -0.4 is 5.46 Å². The Kier molecular flexibility index (Phi) is 15.9. The molecule has 7 heterocycles. The summed E-state index contributed by atoms with van der Waals surface area (Å²) < 4.78 is 20.3. The fourth-order valence-corrected chi connectivity index (χ4v) is 16.7. The van der Waals surface area contributed by atoms with Crippen molar-refractivity contribution in [2.75, 3.05) is 0 Å². The minimum absolute atomic E-state index is 0.401. The monoisotopic (exact) mass is 1380 g/mol. The zero-order valence-electron chi connectivity index (χ0n) is 49.6. The Labute approximate surface area is 559 Å². The number of thiophene rings is 4. The van der Waals surface area contributed by atoms with Gasteiger partial charge in [0.25, 0.3) is 0 Å². The first kappa shape index (κ1) is 58.9. The number of aromatic nitrogens is 6. The lowest BCUT2D eigenvalue weighted by Crippen LogP contribution is -2.41. The minimum Gasteiger partial charge on any atom is -0.399 e. The number of hydrogen-bond acceptors (Lipinski definition) is 12. The van der Waals surface area contributed by atoms with Crippen LogP contribution in [0.15, 0.2) is 256 Å². The van der Waals surface area contributed by atoms with E-state index >= 15 is 0 Å². The van der Waals surface area contributed by atoms with E-state index in [-0.39, 0.29) is 0 Å². The summed E-state index contributed by atoms with van der Waals surface area (Å²) in [7, 11) is -0.445. The van der Waals surface area contributed by atoms with Crippen LogP contribution in [0.4, 0.5) is 0 Å². The maximum Gasteiger partial charge on any atom is 0.494 e. The van der Waals surface area contributed by atoms with Crippen LogP contribution in [-0.4, -0.2) is 48.2 Å². The van der Waals surface area contributed by atoms with Gasteiger partial charge in [0.15, 0.2) is 34.9 Å². The number of hydrogen-bond donors (Lipinski definition) is 0. The Morgan fingerprint density at radius 2 is 0.670 bits per heavy atom. The molecule has 1 saturated heterocycles. The van der Waals surface area contributed by atoms with Crippen molar-refractivity contribution in [3.8, 4) is 78.8 Å². The SMILES string of the molecule is Brc1cc2ccc3c(ccc4cc(Br)sc43)c2s1.CC1(C)OB(c2cccc(-c3nc(-c4ccccc4)nc(-c4ccccc4)n3)c2)OC1(C)C.c1ccc(-c2nc(-c3ccccc3)nc(-c3cccc(-c4cc5ccc6c(ccc7ccsc76)c5s4)c3)n2)cc1. The van der Waals surface area contributed by atoms with Gasteiger partial charge in [-0.1, -0.05) is 212 Å². The minimum atomic E-state index is -0.445. The molecule has 0 saturated carbocycles. The van der Waals surface area contributed by atoms with Gasteiger partial charge in [0, 0.05) is 78.6 Å². The molecule has 440 valence electrons. The molecule has 0 aliphatic carbocycles. The summed E-state index contributed by atoms with van der Waals surface area (Å²) >= 11 is 14.4. The molecule has 0 N–H and O–H groups in total. The van der Waals surface area contributed by atoms with Gasteiger partial charge in [0.1, 0.15) is 0 Å². The van der Waals surface area contributed by atoms with Crippen LogP contribution in [0.1, 0.15) is 27.7 Å². The third-order valence-electron chi connectivity index (χ3n) is 16.7. The van der Waals surface area contributed by atoms with E-state index < -0.39 is 18.3 Å². The Hall–Kier alpha value is -8.48. The van der Waals surface area contributed by atoms with Crippen molar-refractivity contribution in [1.82, 2.24) is 29.9 Å². The standard InChI is InChI=1S/C35H21N3S2.C27H26BN3O2.C14H6Br2S2/c1-3-8-23(9-4-1)33-36-34(24-10-5-2-6-11-24)38-35(37-33)27-13-7-12-25(20-27)30-21-26-15-17-28-29(32(26)40-30)16-14-22-18-19-39-31(22)28;1-26(2)27(3,4)33-28(32-26)22-17-11-16-21(18-22)25-30-23(19-12-7-5-8-13-19)29-24(31-25)20-14-9-6-10-15-20;15-11-5-7-1-3-9-10(13(7)17-11)4-2-8-6-12(16)18-14(8)9/h1-21H;5-18H,1-4H3;1-6H. The van der Waals surface area contributed by atoms with Gasteiger partial charge in [-0.2, -0.15) is 0 Å². The molecule has 1 aliphatic heterocycles. The average Bonchev–Trinajstić information content (AvgIpc) is 1.70. The number of halogens is 2. The van der Waals surface area contributed by atoms with E-state index in [0.29, 0.717) is 34.9 Å². The highest BCUT2D eigenvalue weighted by molar-refractivity contribution is 9.11. The zero-order chi connectivity index (χ0) is 61.8. The molecule has 0 spiro atoms. The Bertz CT molecular complexity index is 5160.